The quantitative estimate of drug-likeness (QED) is 0.478. The molecule has 0 saturated heterocycles. The molecular weight excluding hydrogens is 384 g/mol. The summed E-state index contributed by atoms with van der Waals surface area (Å²) in [4.78, 5) is 29.4. The summed E-state index contributed by atoms with van der Waals surface area (Å²) in [7, 11) is 0. The number of fused-ring (bicyclic) bond motifs is 2. The summed E-state index contributed by atoms with van der Waals surface area (Å²) in [6, 6.07) is 22.7. The minimum Gasteiger partial charge on any atom is -0.453 e. The first-order valence-corrected chi connectivity index (χ1v) is 10.1. The molecular formula is C23H16N2O3S. The number of benzene rings is 3. The summed E-state index contributed by atoms with van der Waals surface area (Å²) in [5.74, 6) is -0.596. The van der Waals surface area contributed by atoms with Crippen molar-refractivity contribution in [3.8, 4) is 10.6 Å². The smallest absolute Gasteiger partial charge is 0.339 e. The van der Waals surface area contributed by atoms with Gasteiger partial charge in [-0.2, -0.15) is 0 Å². The zero-order valence-corrected chi connectivity index (χ0v) is 16.1. The molecule has 1 aliphatic heterocycles. The summed E-state index contributed by atoms with van der Waals surface area (Å²) in [5, 5.41) is 3.81. The van der Waals surface area contributed by atoms with Crippen LogP contribution in [0.15, 0.2) is 72.8 Å². The number of esters is 1. The maximum absolute atomic E-state index is 12.7. The lowest BCUT2D eigenvalue weighted by atomic mass is 10.0. The molecule has 6 heteroatoms. The zero-order valence-electron chi connectivity index (χ0n) is 15.3. The molecule has 0 saturated carbocycles. The molecule has 4 aromatic rings. The number of aromatic nitrogens is 1. The number of amides is 1. The molecule has 0 radical (unpaired) electrons. The molecule has 5 rings (SSSR count). The number of nitrogens with zero attached hydrogens (tertiary/aromatic N) is 1. The van der Waals surface area contributed by atoms with E-state index < -0.39 is 6.10 Å². The van der Waals surface area contributed by atoms with Crippen LogP contribution in [0.4, 0.5) is 5.69 Å². The summed E-state index contributed by atoms with van der Waals surface area (Å²) in [6.07, 6.45) is -0.495. The van der Waals surface area contributed by atoms with Crippen molar-refractivity contribution in [3.05, 3.63) is 83.9 Å². The molecule has 1 aliphatic rings. The van der Waals surface area contributed by atoms with Gasteiger partial charge in [-0.25, -0.2) is 9.78 Å². The molecule has 1 aromatic heterocycles. The van der Waals surface area contributed by atoms with E-state index >= 15 is 0 Å². The van der Waals surface area contributed by atoms with Crippen LogP contribution in [0.2, 0.25) is 0 Å². The predicted octanol–water partition coefficient (Wildman–Crippen LogP) is 5.20. The van der Waals surface area contributed by atoms with Crippen molar-refractivity contribution in [1.29, 1.82) is 0 Å². The first kappa shape index (κ1) is 17.6. The molecule has 0 unspecified atom stereocenters. The molecule has 1 atom stereocenters. The second kappa shape index (κ2) is 7.14. The minimum atomic E-state index is -0.562. The highest BCUT2D eigenvalue weighted by Crippen LogP contribution is 2.36. The molecule has 0 fully saturated rings. The number of hydrogen-bond donors (Lipinski definition) is 1. The number of ether oxygens (including phenoxy) is 1. The van der Waals surface area contributed by atoms with Crippen molar-refractivity contribution < 1.29 is 14.3 Å². The Kier molecular flexibility index (Phi) is 4.33. The zero-order chi connectivity index (χ0) is 19.8. The van der Waals surface area contributed by atoms with Crippen LogP contribution in [0.5, 0.6) is 0 Å². The number of hydrogen-bond acceptors (Lipinski definition) is 5. The van der Waals surface area contributed by atoms with Crippen molar-refractivity contribution in [3.63, 3.8) is 0 Å². The van der Waals surface area contributed by atoms with E-state index in [1.807, 2.05) is 60.7 Å². The standard InChI is InChI=1S/C23H16N2O3S/c26-21(13-19-14-7-1-2-8-15(14)23(27)28-19)24-17-10-4-3-9-16(17)22-25-18-11-5-6-12-20(18)29-22/h1-12,19H,13H2,(H,24,26)/t19-/m1/s1. The van der Waals surface area contributed by atoms with Crippen LogP contribution < -0.4 is 5.32 Å². The number of cyclic esters (lactones) is 1. The third-order valence-corrected chi connectivity index (χ3v) is 5.94. The maximum Gasteiger partial charge on any atom is 0.339 e. The minimum absolute atomic E-state index is 0.0664. The average molecular weight is 400 g/mol. The lowest BCUT2D eigenvalue weighted by Gasteiger charge is -2.13. The highest BCUT2D eigenvalue weighted by molar-refractivity contribution is 7.21. The highest BCUT2D eigenvalue weighted by atomic mass is 32.1. The SMILES string of the molecule is O=C(C[C@H]1OC(=O)c2ccccc21)Nc1ccccc1-c1nc2ccccc2s1. The molecule has 0 spiro atoms. The van der Waals surface area contributed by atoms with Crippen molar-refractivity contribution in [2.24, 2.45) is 0 Å². The van der Waals surface area contributed by atoms with Crippen LogP contribution in [0.3, 0.4) is 0 Å². The van der Waals surface area contributed by atoms with Crippen LogP contribution in [0.25, 0.3) is 20.8 Å². The fourth-order valence-corrected chi connectivity index (χ4v) is 4.51. The van der Waals surface area contributed by atoms with E-state index in [-0.39, 0.29) is 18.3 Å². The van der Waals surface area contributed by atoms with Gasteiger partial charge in [0.05, 0.1) is 27.9 Å². The lowest BCUT2D eigenvalue weighted by Crippen LogP contribution is -2.16. The van der Waals surface area contributed by atoms with Crippen molar-refractivity contribution in [1.82, 2.24) is 4.98 Å². The van der Waals surface area contributed by atoms with Gasteiger partial charge >= 0.3 is 5.97 Å². The molecule has 5 nitrogen and oxygen atoms in total. The van der Waals surface area contributed by atoms with Crippen LogP contribution in [0, 0.1) is 0 Å². The molecule has 2 heterocycles. The molecule has 142 valence electrons. The van der Waals surface area contributed by atoms with Crippen LogP contribution in [-0.4, -0.2) is 16.9 Å². The maximum atomic E-state index is 12.7. The third kappa shape index (κ3) is 3.28. The van der Waals surface area contributed by atoms with Gasteiger partial charge in [-0.3, -0.25) is 4.79 Å². The first-order valence-electron chi connectivity index (χ1n) is 9.24. The van der Waals surface area contributed by atoms with Gasteiger partial charge in [0.1, 0.15) is 11.1 Å². The van der Waals surface area contributed by atoms with Gasteiger partial charge in [0.25, 0.3) is 0 Å². The normalized spacial score (nSPS) is 15.2. The van der Waals surface area contributed by atoms with Crippen LogP contribution in [0.1, 0.15) is 28.4 Å². The van der Waals surface area contributed by atoms with Crippen LogP contribution >= 0.6 is 11.3 Å². The van der Waals surface area contributed by atoms with Gasteiger partial charge in [0.2, 0.25) is 5.91 Å². The number of para-hydroxylation sites is 2. The Morgan fingerprint density at radius 2 is 1.69 bits per heavy atom. The van der Waals surface area contributed by atoms with E-state index in [1.54, 1.807) is 23.5 Å². The second-order valence-electron chi connectivity index (χ2n) is 6.77. The number of nitrogens with one attached hydrogen (secondary N) is 1. The lowest BCUT2D eigenvalue weighted by molar-refractivity contribution is -0.118. The number of thiazole rings is 1. The first-order chi connectivity index (χ1) is 14.2. The molecule has 1 N–H and O–H groups in total. The fourth-order valence-electron chi connectivity index (χ4n) is 3.51. The largest absolute Gasteiger partial charge is 0.453 e. The van der Waals surface area contributed by atoms with Gasteiger partial charge in [0, 0.05) is 11.1 Å². The Morgan fingerprint density at radius 3 is 2.55 bits per heavy atom. The number of anilines is 1. The number of rotatable bonds is 4. The topological polar surface area (TPSA) is 68.3 Å². The van der Waals surface area contributed by atoms with Crippen molar-refractivity contribution >= 4 is 39.1 Å². The van der Waals surface area contributed by atoms with Gasteiger partial charge < -0.3 is 10.1 Å². The van der Waals surface area contributed by atoms with Gasteiger partial charge in [0.15, 0.2) is 0 Å². The van der Waals surface area contributed by atoms with E-state index in [4.69, 9.17) is 9.72 Å². The van der Waals surface area contributed by atoms with Crippen molar-refractivity contribution in [2.75, 3.05) is 5.32 Å². The highest BCUT2D eigenvalue weighted by Gasteiger charge is 2.32. The Labute approximate surface area is 171 Å². The molecule has 0 aliphatic carbocycles. The third-order valence-electron chi connectivity index (χ3n) is 4.87. The van der Waals surface area contributed by atoms with E-state index in [2.05, 4.69) is 5.32 Å². The summed E-state index contributed by atoms with van der Waals surface area (Å²) in [5.41, 5.74) is 3.77. The van der Waals surface area contributed by atoms with E-state index in [9.17, 15) is 9.59 Å². The Bertz CT molecular complexity index is 1210. The summed E-state index contributed by atoms with van der Waals surface area (Å²) >= 11 is 1.58. The monoisotopic (exact) mass is 400 g/mol. The Hall–Kier alpha value is -3.51. The predicted molar refractivity (Wildman–Crippen MR) is 113 cm³/mol. The van der Waals surface area contributed by atoms with Gasteiger partial charge in [-0.05, 0) is 30.3 Å². The Balaban J connectivity index is 1.39. The molecule has 0 bridgehead atoms. The van der Waals surface area contributed by atoms with E-state index in [1.165, 1.54) is 0 Å². The molecule has 1 amide bonds. The number of carbonyl (C=O) groups excluding carboxylic acids is 2. The summed E-state index contributed by atoms with van der Waals surface area (Å²) < 4.78 is 6.48. The van der Waals surface area contributed by atoms with E-state index in [0.29, 0.717) is 11.3 Å². The second-order valence-corrected chi connectivity index (χ2v) is 7.80. The van der Waals surface area contributed by atoms with Crippen LogP contribution in [-0.2, 0) is 9.53 Å². The van der Waals surface area contributed by atoms with E-state index in [0.717, 1.165) is 26.4 Å². The number of carbonyl (C=O) groups is 2. The average Bonchev–Trinajstić information content (AvgIpc) is 3.30. The van der Waals surface area contributed by atoms with Crippen molar-refractivity contribution in [2.45, 2.75) is 12.5 Å². The summed E-state index contributed by atoms with van der Waals surface area (Å²) in [6.45, 7) is 0. The molecule has 29 heavy (non-hydrogen) atoms. The van der Waals surface area contributed by atoms with Gasteiger partial charge in [-0.15, -0.1) is 11.3 Å². The Morgan fingerprint density at radius 1 is 0.966 bits per heavy atom. The molecule has 3 aromatic carbocycles. The fraction of sp³-hybridized carbons (Fsp3) is 0.0870. The van der Waals surface area contributed by atoms with Gasteiger partial charge in [-0.1, -0.05) is 42.5 Å².